The highest BCUT2D eigenvalue weighted by atomic mass is 13.9. The molecule has 0 radical (unpaired) electrons. The van der Waals surface area contributed by atoms with Gasteiger partial charge in [0.05, 0.1) is 0 Å². The molecule has 30 valence electrons. The standard InChI is InChI=1S/C6H6/c1-2-6-4-3-5-6/h2-5H,1H2. The summed E-state index contributed by atoms with van der Waals surface area (Å²) in [6.45, 7) is 3.56. The largest absolute Gasteiger partial charge is 0.0985 e. The van der Waals surface area contributed by atoms with Gasteiger partial charge < -0.3 is 0 Å². The van der Waals surface area contributed by atoms with Gasteiger partial charge in [-0.25, -0.2) is 0 Å². The maximum atomic E-state index is 3.56. The summed E-state index contributed by atoms with van der Waals surface area (Å²) in [5, 5.41) is 0. The number of rotatable bonds is 1. The molecule has 0 aromatic rings. The van der Waals surface area contributed by atoms with Crippen LogP contribution >= 0.6 is 0 Å². The maximum Gasteiger partial charge on any atom is -0.0263 e. The number of hydrogen-bond donors (Lipinski definition) is 0. The Hall–Kier alpha value is -0.780. The third-order valence-corrected chi connectivity index (χ3v) is 0.813. The summed E-state index contributed by atoms with van der Waals surface area (Å²) in [6, 6.07) is 0. The molecule has 0 heterocycles. The molecule has 0 aliphatic heterocycles. The van der Waals surface area contributed by atoms with E-state index in [-0.39, 0.29) is 0 Å². The minimum Gasteiger partial charge on any atom is -0.0985 e. The first-order valence-corrected chi connectivity index (χ1v) is 1.94. The molecule has 1 rings (SSSR count). The highest BCUT2D eigenvalue weighted by Gasteiger charge is 1.85. The molecular weight excluding hydrogens is 72.1 g/mol. The first-order valence-electron chi connectivity index (χ1n) is 1.94. The van der Waals surface area contributed by atoms with Gasteiger partial charge in [0.25, 0.3) is 0 Å². The van der Waals surface area contributed by atoms with Crippen LogP contribution in [-0.4, -0.2) is 0 Å². The smallest absolute Gasteiger partial charge is 0.0263 e. The average molecular weight is 78.1 g/mol. The van der Waals surface area contributed by atoms with Crippen LogP contribution in [0.1, 0.15) is 0 Å². The Morgan fingerprint density at radius 2 is 2.33 bits per heavy atom. The summed E-state index contributed by atoms with van der Waals surface area (Å²) in [6.07, 6.45) is 7.87. The zero-order valence-corrected chi connectivity index (χ0v) is 3.52. The van der Waals surface area contributed by atoms with Crippen molar-refractivity contribution < 1.29 is 0 Å². The van der Waals surface area contributed by atoms with Crippen LogP contribution in [0.4, 0.5) is 0 Å². The molecule has 0 unspecified atom stereocenters. The summed E-state index contributed by atoms with van der Waals surface area (Å²) in [5.41, 5.74) is 1.23. The lowest BCUT2D eigenvalue weighted by Crippen LogP contribution is -1.74. The molecule has 0 amide bonds. The lowest BCUT2D eigenvalue weighted by atomic mass is 10.1. The van der Waals surface area contributed by atoms with E-state index in [1.165, 1.54) is 5.57 Å². The van der Waals surface area contributed by atoms with E-state index in [0.717, 1.165) is 0 Å². The summed E-state index contributed by atoms with van der Waals surface area (Å²) in [4.78, 5) is 0. The Labute approximate surface area is 37.5 Å². The van der Waals surface area contributed by atoms with Gasteiger partial charge in [0.2, 0.25) is 0 Å². The Morgan fingerprint density at radius 1 is 1.67 bits per heavy atom. The Kier molecular flexibility index (Phi) is 0.643. The van der Waals surface area contributed by atoms with Crippen molar-refractivity contribution in [3.63, 3.8) is 0 Å². The van der Waals surface area contributed by atoms with E-state index in [1.54, 1.807) is 0 Å². The molecule has 1 aliphatic rings. The average Bonchev–Trinajstić information content (AvgIpc) is 1.31. The van der Waals surface area contributed by atoms with E-state index >= 15 is 0 Å². The van der Waals surface area contributed by atoms with Gasteiger partial charge in [-0.15, -0.1) is 0 Å². The fourth-order valence-corrected chi connectivity index (χ4v) is 0.343. The van der Waals surface area contributed by atoms with Gasteiger partial charge in [-0.05, 0) is 5.57 Å². The van der Waals surface area contributed by atoms with Crippen molar-refractivity contribution in [3.05, 3.63) is 36.5 Å². The molecule has 0 saturated heterocycles. The molecule has 0 aromatic carbocycles. The van der Waals surface area contributed by atoms with Crippen molar-refractivity contribution in [2.45, 2.75) is 0 Å². The molecule has 0 aromatic heterocycles. The molecular formula is C6H6. The van der Waals surface area contributed by atoms with E-state index in [2.05, 4.69) is 6.58 Å². The normalized spacial score (nSPS) is 15.7. The molecule has 0 heteroatoms. The van der Waals surface area contributed by atoms with Gasteiger partial charge in [-0.3, -0.25) is 0 Å². The van der Waals surface area contributed by atoms with E-state index in [1.807, 2.05) is 24.3 Å². The van der Waals surface area contributed by atoms with Gasteiger partial charge in [0.1, 0.15) is 0 Å². The summed E-state index contributed by atoms with van der Waals surface area (Å²) in [5.74, 6) is 0. The van der Waals surface area contributed by atoms with Gasteiger partial charge >= 0.3 is 0 Å². The molecule has 1 aliphatic carbocycles. The van der Waals surface area contributed by atoms with Crippen molar-refractivity contribution in [2.75, 3.05) is 0 Å². The predicted molar refractivity (Wildman–Crippen MR) is 27.4 cm³/mol. The Morgan fingerprint density at radius 3 is 2.33 bits per heavy atom. The highest BCUT2D eigenvalue weighted by Crippen LogP contribution is 2.06. The van der Waals surface area contributed by atoms with Crippen molar-refractivity contribution in [1.29, 1.82) is 0 Å². The van der Waals surface area contributed by atoms with Gasteiger partial charge in [0, 0.05) is 0 Å². The number of hydrogen-bond acceptors (Lipinski definition) is 0. The first-order chi connectivity index (χ1) is 2.93. The van der Waals surface area contributed by atoms with Gasteiger partial charge in [0.15, 0.2) is 0 Å². The SMILES string of the molecule is C=CC1=CC=C1. The fourth-order valence-electron chi connectivity index (χ4n) is 0.343. The van der Waals surface area contributed by atoms with Crippen molar-refractivity contribution in [2.24, 2.45) is 0 Å². The first kappa shape index (κ1) is 3.41. The highest BCUT2D eigenvalue weighted by molar-refractivity contribution is 5.41. The van der Waals surface area contributed by atoms with Crippen molar-refractivity contribution >= 4 is 0 Å². The second-order valence-corrected chi connectivity index (χ2v) is 1.23. The molecule has 0 saturated carbocycles. The minimum absolute atomic E-state index is 1.23. The van der Waals surface area contributed by atoms with Crippen LogP contribution in [0.5, 0.6) is 0 Å². The second kappa shape index (κ2) is 1.13. The van der Waals surface area contributed by atoms with E-state index in [9.17, 15) is 0 Å². The molecule has 0 spiro atoms. The van der Waals surface area contributed by atoms with E-state index in [0.29, 0.717) is 0 Å². The van der Waals surface area contributed by atoms with Crippen LogP contribution < -0.4 is 0 Å². The Bertz CT molecular complexity index is 112. The quantitative estimate of drug-likeness (QED) is 0.447. The predicted octanol–water partition coefficient (Wildman–Crippen LogP) is 1.67. The topological polar surface area (TPSA) is 0 Å². The van der Waals surface area contributed by atoms with Crippen LogP contribution in [-0.2, 0) is 0 Å². The molecule has 6 heavy (non-hydrogen) atoms. The number of allylic oxidation sites excluding steroid dienone is 5. The van der Waals surface area contributed by atoms with Crippen LogP contribution in [0.2, 0.25) is 0 Å². The van der Waals surface area contributed by atoms with Crippen LogP contribution in [0.3, 0.4) is 0 Å². The molecule has 0 N–H and O–H groups in total. The maximum absolute atomic E-state index is 3.56. The van der Waals surface area contributed by atoms with Gasteiger partial charge in [-0.2, -0.15) is 0 Å². The summed E-state index contributed by atoms with van der Waals surface area (Å²) >= 11 is 0. The third-order valence-electron chi connectivity index (χ3n) is 0.813. The Balaban J connectivity index is 2.57. The van der Waals surface area contributed by atoms with Crippen LogP contribution in [0.25, 0.3) is 0 Å². The zero-order valence-electron chi connectivity index (χ0n) is 3.52. The van der Waals surface area contributed by atoms with Crippen LogP contribution in [0, 0.1) is 0 Å². The molecule has 0 nitrogen and oxygen atoms in total. The molecule has 0 bridgehead atoms. The lowest BCUT2D eigenvalue weighted by Gasteiger charge is -1.95. The van der Waals surface area contributed by atoms with Crippen LogP contribution in [0.15, 0.2) is 36.5 Å². The van der Waals surface area contributed by atoms with Gasteiger partial charge in [-0.1, -0.05) is 30.9 Å². The summed E-state index contributed by atoms with van der Waals surface area (Å²) < 4.78 is 0. The second-order valence-electron chi connectivity index (χ2n) is 1.23. The molecule has 0 fully saturated rings. The minimum atomic E-state index is 1.23. The molecule has 0 atom stereocenters. The lowest BCUT2D eigenvalue weighted by molar-refractivity contribution is 1.61. The summed E-state index contributed by atoms with van der Waals surface area (Å²) in [7, 11) is 0. The monoisotopic (exact) mass is 78.0 g/mol. The van der Waals surface area contributed by atoms with E-state index in [4.69, 9.17) is 0 Å². The third kappa shape index (κ3) is 0.304. The fraction of sp³-hybridized carbons (Fsp3) is 0. The van der Waals surface area contributed by atoms with E-state index < -0.39 is 0 Å². The zero-order chi connectivity index (χ0) is 4.41. The van der Waals surface area contributed by atoms with Crippen molar-refractivity contribution in [1.82, 2.24) is 0 Å². The van der Waals surface area contributed by atoms with Crippen molar-refractivity contribution in [3.8, 4) is 0 Å².